The van der Waals surface area contributed by atoms with Crippen molar-refractivity contribution in [1.82, 2.24) is 10.2 Å². The molecule has 1 fully saturated rings. The Kier molecular flexibility index (Phi) is 7.43. The number of rotatable bonds is 8. The van der Waals surface area contributed by atoms with Gasteiger partial charge in [-0.2, -0.15) is 0 Å². The lowest BCUT2D eigenvalue weighted by Gasteiger charge is -2.34. The van der Waals surface area contributed by atoms with Gasteiger partial charge in [0.15, 0.2) is 0 Å². The minimum absolute atomic E-state index is 0.126. The molecule has 30 heavy (non-hydrogen) atoms. The molecule has 1 N–H and O–H groups in total. The Bertz CT molecular complexity index is 867. The highest BCUT2D eigenvalue weighted by Gasteiger charge is 2.35. The smallest absolute Gasteiger partial charge is 0.308 e. The maximum Gasteiger partial charge on any atom is 0.308 e. The first-order valence-corrected chi connectivity index (χ1v) is 10.1. The van der Waals surface area contributed by atoms with Crippen LogP contribution in [0.5, 0.6) is 5.75 Å². The summed E-state index contributed by atoms with van der Waals surface area (Å²) in [6.45, 7) is 3.42. The minimum Gasteiger partial charge on any atom is -0.494 e. The van der Waals surface area contributed by atoms with Crippen molar-refractivity contribution < 1.29 is 23.9 Å². The number of ether oxygens (including phenoxy) is 2. The van der Waals surface area contributed by atoms with E-state index in [1.807, 2.05) is 37.3 Å². The molecule has 7 nitrogen and oxygen atoms in total. The zero-order valence-corrected chi connectivity index (χ0v) is 17.0. The van der Waals surface area contributed by atoms with E-state index >= 15 is 0 Å². The predicted molar refractivity (Wildman–Crippen MR) is 111 cm³/mol. The Balaban J connectivity index is 1.64. The highest BCUT2D eigenvalue weighted by Crippen LogP contribution is 2.18. The van der Waals surface area contributed by atoms with Crippen LogP contribution in [0, 0.1) is 0 Å². The Hall–Kier alpha value is -3.35. The minimum atomic E-state index is -0.898. The van der Waals surface area contributed by atoms with Gasteiger partial charge in [-0.15, -0.1) is 0 Å². The molecule has 158 valence electrons. The van der Waals surface area contributed by atoms with Gasteiger partial charge in [0, 0.05) is 18.7 Å². The van der Waals surface area contributed by atoms with Crippen LogP contribution in [-0.4, -0.2) is 48.4 Å². The molecule has 7 heteroatoms. The molecule has 0 unspecified atom stereocenters. The van der Waals surface area contributed by atoms with Crippen molar-refractivity contribution in [2.45, 2.75) is 32.4 Å². The number of carbonyl (C=O) groups is 3. The van der Waals surface area contributed by atoms with Crippen molar-refractivity contribution in [2.75, 3.05) is 19.7 Å². The van der Waals surface area contributed by atoms with Gasteiger partial charge < -0.3 is 19.7 Å². The topological polar surface area (TPSA) is 84.9 Å². The van der Waals surface area contributed by atoms with E-state index in [2.05, 4.69) is 5.32 Å². The largest absolute Gasteiger partial charge is 0.494 e. The molecule has 2 amide bonds. The van der Waals surface area contributed by atoms with Gasteiger partial charge in [-0.25, -0.2) is 0 Å². The third-order valence-corrected chi connectivity index (χ3v) is 4.77. The van der Waals surface area contributed by atoms with Gasteiger partial charge in [0.2, 0.25) is 5.91 Å². The molecule has 1 atom stereocenters. The van der Waals surface area contributed by atoms with E-state index in [0.717, 1.165) is 12.0 Å². The third-order valence-electron chi connectivity index (χ3n) is 4.77. The van der Waals surface area contributed by atoms with Crippen molar-refractivity contribution in [3.63, 3.8) is 0 Å². The van der Waals surface area contributed by atoms with E-state index in [1.54, 1.807) is 24.3 Å². The lowest BCUT2D eigenvalue weighted by Crippen LogP contribution is -2.57. The summed E-state index contributed by atoms with van der Waals surface area (Å²) in [5, 5.41) is 2.72. The van der Waals surface area contributed by atoms with Crippen LogP contribution in [0.15, 0.2) is 54.6 Å². The SMILES string of the molecule is CCCOc1ccc(C(=O)N2CCNC(=O)[C@H]2CC(=O)OCc2ccccc2)cc1. The van der Waals surface area contributed by atoms with Gasteiger partial charge in [-0.1, -0.05) is 37.3 Å². The summed E-state index contributed by atoms with van der Waals surface area (Å²) in [4.78, 5) is 39.1. The Labute approximate surface area is 176 Å². The fourth-order valence-electron chi connectivity index (χ4n) is 3.20. The van der Waals surface area contributed by atoms with Gasteiger partial charge in [-0.05, 0) is 36.2 Å². The molecule has 0 bridgehead atoms. The molecular formula is C23H26N2O5. The molecule has 3 rings (SSSR count). The number of hydrogen-bond acceptors (Lipinski definition) is 5. The van der Waals surface area contributed by atoms with Gasteiger partial charge in [0.1, 0.15) is 18.4 Å². The molecule has 1 saturated heterocycles. The molecule has 1 aliphatic heterocycles. The summed E-state index contributed by atoms with van der Waals surface area (Å²) in [7, 11) is 0. The fraction of sp³-hybridized carbons (Fsp3) is 0.348. The van der Waals surface area contributed by atoms with E-state index in [4.69, 9.17) is 9.47 Å². The number of nitrogens with zero attached hydrogens (tertiary/aromatic N) is 1. The molecule has 2 aromatic rings. The van der Waals surface area contributed by atoms with E-state index in [9.17, 15) is 14.4 Å². The second-order valence-electron chi connectivity index (χ2n) is 7.03. The number of benzene rings is 2. The summed E-state index contributed by atoms with van der Waals surface area (Å²) in [6, 6.07) is 15.2. The number of carbonyl (C=O) groups excluding carboxylic acids is 3. The molecule has 0 aliphatic carbocycles. The van der Waals surface area contributed by atoms with Crippen LogP contribution in [0.2, 0.25) is 0 Å². The highest BCUT2D eigenvalue weighted by molar-refractivity contribution is 5.99. The van der Waals surface area contributed by atoms with Crippen LogP contribution >= 0.6 is 0 Å². The lowest BCUT2D eigenvalue weighted by atomic mass is 10.1. The summed E-state index contributed by atoms with van der Waals surface area (Å²) < 4.78 is 10.8. The fourth-order valence-corrected chi connectivity index (χ4v) is 3.20. The molecule has 1 aliphatic rings. The number of nitrogens with one attached hydrogen (secondary N) is 1. The number of piperazine rings is 1. The van der Waals surface area contributed by atoms with Crippen LogP contribution in [0.1, 0.15) is 35.7 Å². The molecule has 0 aromatic heterocycles. The highest BCUT2D eigenvalue weighted by atomic mass is 16.5. The second-order valence-corrected chi connectivity index (χ2v) is 7.03. The molecule has 0 saturated carbocycles. The van der Waals surface area contributed by atoms with Crippen molar-refractivity contribution in [2.24, 2.45) is 0 Å². The lowest BCUT2D eigenvalue weighted by molar-refractivity contribution is -0.148. The average molecular weight is 410 g/mol. The van der Waals surface area contributed by atoms with Crippen molar-refractivity contribution in [3.05, 3.63) is 65.7 Å². The summed E-state index contributed by atoms with van der Waals surface area (Å²) in [5.74, 6) is -0.491. The van der Waals surface area contributed by atoms with Crippen LogP contribution in [-0.2, 0) is 20.9 Å². The average Bonchev–Trinajstić information content (AvgIpc) is 2.78. The number of amides is 2. The predicted octanol–water partition coefficient (Wildman–Crippen LogP) is 2.55. The quantitative estimate of drug-likeness (QED) is 0.676. The first-order valence-electron chi connectivity index (χ1n) is 10.1. The van der Waals surface area contributed by atoms with Crippen LogP contribution in [0.25, 0.3) is 0 Å². The van der Waals surface area contributed by atoms with Crippen LogP contribution in [0.3, 0.4) is 0 Å². The zero-order chi connectivity index (χ0) is 21.3. The maximum atomic E-state index is 13.0. The molecule has 0 radical (unpaired) electrons. The normalized spacial score (nSPS) is 16.0. The van der Waals surface area contributed by atoms with Gasteiger partial charge in [-0.3, -0.25) is 14.4 Å². The summed E-state index contributed by atoms with van der Waals surface area (Å²) in [5.41, 5.74) is 1.30. The Morgan fingerprint density at radius 1 is 1.10 bits per heavy atom. The van der Waals surface area contributed by atoms with Crippen LogP contribution in [0.4, 0.5) is 0 Å². The van der Waals surface area contributed by atoms with Crippen LogP contribution < -0.4 is 10.1 Å². The first-order chi connectivity index (χ1) is 14.6. The van der Waals surface area contributed by atoms with E-state index in [-0.39, 0.29) is 24.8 Å². The van der Waals surface area contributed by atoms with Gasteiger partial charge in [0.25, 0.3) is 5.91 Å². The monoisotopic (exact) mass is 410 g/mol. The van der Waals surface area contributed by atoms with E-state index in [1.165, 1.54) is 4.90 Å². The molecule has 0 spiro atoms. The van der Waals surface area contributed by atoms with Crippen molar-refractivity contribution >= 4 is 17.8 Å². The van der Waals surface area contributed by atoms with E-state index < -0.39 is 12.0 Å². The summed E-state index contributed by atoms with van der Waals surface area (Å²) in [6.07, 6.45) is 0.702. The number of hydrogen-bond donors (Lipinski definition) is 1. The summed E-state index contributed by atoms with van der Waals surface area (Å²) >= 11 is 0. The van der Waals surface area contributed by atoms with Gasteiger partial charge in [0.05, 0.1) is 13.0 Å². The van der Waals surface area contributed by atoms with E-state index in [0.29, 0.717) is 31.0 Å². The Morgan fingerprint density at radius 3 is 2.53 bits per heavy atom. The second kappa shape index (κ2) is 10.4. The molecular weight excluding hydrogens is 384 g/mol. The first kappa shape index (κ1) is 21.4. The van der Waals surface area contributed by atoms with Crippen molar-refractivity contribution in [3.8, 4) is 5.75 Å². The zero-order valence-electron chi connectivity index (χ0n) is 17.0. The maximum absolute atomic E-state index is 13.0. The molecule has 1 heterocycles. The molecule has 2 aromatic carbocycles. The van der Waals surface area contributed by atoms with Crippen molar-refractivity contribution in [1.29, 1.82) is 0 Å². The number of esters is 1. The third kappa shape index (κ3) is 5.59. The van der Waals surface area contributed by atoms with Gasteiger partial charge >= 0.3 is 5.97 Å². The standard InChI is InChI=1S/C23H26N2O5/c1-2-14-29-19-10-8-18(9-11-19)23(28)25-13-12-24-22(27)20(25)15-21(26)30-16-17-6-4-3-5-7-17/h3-11,20H,2,12-16H2,1H3,(H,24,27)/t20-/m1/s1. The Morgan fingerprint density at radius 2 is 1.83 bits per heavy atom.